The largest absolute Gasteiger partial charge is 0.421 e. The smallest absolute Gasteiger partial charge is 0.360 e. The van der Waals surface area contributed by atoms with Gasteiger partial charge in [0.2, 0.25) is 17.7 Å². The van der Waals surface area contributed by atoms with Gasteiger partial charge in [-0.1, -0.05) is 48.5 Å². The van der Waals surface area contributed by atoms with E-state index in [-0.39, 0.29) is 37.1 Å². The molecule has 40 heavy (non-hydrogen) atoms. The molecule has 3 N–H and O–H groups in total. The molecule has 1 heterocycles. The maximum absolute atomic E-state index is 13.0. The highest BCUT2D eigenvalue weighted by Crippen LogP contribution is 2.17. The first-order chi connectivity index (χ1) is 19.3. The lowest BCUT2D eigenvalue weighted by Gasteiger charge is -2.19. The van der Waals surface area contributed by atoms with Gasteiger partial charge in [0, 0.05) is 42.5 Å². The zero-order valence-corrected chi connectivity index (χ0v) is 21.3. The summed E-state index contributed by atoms with van der Waals surface area (Å²) in [6.45, 7) is 0. The minimum Gasteiger partial charge on any atom is -0.421 e. The Morgan fingerprint density at radius 2 is 1.52 bits per heavy atom. The lowest BCUT2D eigenvalue weighted by atomic mass is 10.0. The number of amides is 3. The Bertz CT molecular complexity index is 1580. The molecule has 4 aromatic rings. The summed E-state index contributed by atoms with van der Waals surface area (Å²) >= 11 is 0. The van der Waals surface area contributed by atoms with Crippen molar-refractivity contribution in [2.45, 2.75) is 31.7 Å². The van der Waals surface area contributed by atoms with Crippen LogP contribution in [0.5, 0.6) is 0 Å². The van der Waals surface area contributed by atoms with Crippen LogP contribution < -0.4 is 21.6 Å². The van der Waals surface area contributed by atoms with Gasteiger partial charge in [0.1, 0.15) is 17.3 Å². The number of non-ortho nitro benzene ring substituents is 1. The first-order valence-electron chi connectivity index (χ1n) is 12.5. The maximum Gasteiger partial charge on any atom is 0.360 e. The number of carbonyl (C=O) groups excluding carboxylic acids is 3. The van der Waals surface area contributed by atoms with Gasteiger partial charge in [-0.3, -0.25) is 24.5 Å². The van der Waals surface area contributed by atoms with Crippen LogP contribution in [-0.2, 0) is 20.8 Å². The molecule has 11 heteroatoms. The Balaban J connectivity index is 1.33. The Labute approximate surface area is 228 Å². The van der Waals surface area contributed by atoms with Crippen molar-refractivity contribution in [3.63, 3.8) is 0 Å². The van der Waals surface area contributed by atoms with Gasteiger partial charge >= 0.3 is 5.63 Å². The van der Waals surface area contributed by atoms with Crippen molar-refractivity contribution in [1.82, 2.24) is 5.32 Å². The van der Waals surface area contributed by atoms with E-state index in [1.54, 1.807) is 24.3 Å². The maximum atomic E-state index is 13.0. The molecular formula is C29H26N4O7. The second-order valence-corrected chi connectivity index (χ2v) is 8.99. The first kappa shape index (κ1) is 27.7. The number of hydrogen-bond donors (Lipinski definition) is 3. The third kappa shape index (κ3) is 7.60. The standard InChI is InChI=1S/C29H26N4O7/c34-26(11-6-12-27(35)32-24-18-20-9-4-5-10-25(20)40-29(24)37)31-23(17-19-7-2-1-3-8-19)28(36)30-21-13-15-22(16-14-21)33(38)39/h1-5,7-10,13-16,18,23H,6,11-12,17H2,(H,30,36)(H,31,34)(H,32,35)/t23-/m0/s1. The average Bonchev–Trinajstić information content (AvgIpc) is 2.94. The molecule has 0 saturated carbocycles. The molecule has 1 atom stereocenters. The molecule has 0 spiro atoms. The van der Waals surface area contributed by atoms with E-state index >= 15 is 0 Å². The molecule has 0 fully saturated rings. The highest BCUT2D eigenvalue weighted by Gasteiger charge is 2.22. The average molecular weight is 543 g/mol. The summed E-state index contributed by atoms with van der Waals surface area (Å²) < 4.78 is 5.21. The van der Waals surface area contributed by atoms with Crippen molar-refractivity contribution in [2.75, 3.05) is 10.6 Å². The van der Waals surface area contributed by atoms with E-state index in [1.165, 1.54) is 30.3 Å². The van der Waals surface area contributed by atoms with Crippen LogP contribution in [-0.4, -0.2) is 28.7 Å². The highest BCUT2D eigenvalue weighted by atomic mass is 16.6. The molecular weight excluding hydrogens is 516 g/mol. The molecule has 0 unspecified atom stereocenters. The lowest BCUT2D eigenvalue weighted by Crippen LogP contribution is -2.45. The first-order valence-corrected chi connectivity index (χ1v) is 12.5. The third-order valence-corrected chi connectivity index (χ3v) is 6.00. The number of anilines is 2. The third-order valence-electron chi connectivity index (χ3n) is 6.00. The van der Waals surface area contributed by atoms with Crippen LogP contribution in [0.1, 0.15) is 24.8 Å². The molecule has 3 aromatic carbocycles. The second kappa shape index (κ2) is 13.0. The van der Waals surface area contributed by atoms with Crippen LogP contribution >= 0.6 is 0 Å². The SMILES string of the molecule is O=C(CCCC(=O)N[C@@H](Cc1ccccc1)C(=O)Nc1ccc([N+](=O)[O-])cc1)Nc1cc2ccccc2oc1=O. The number of fused-ring (bicyclic) bond motifs is 1. The minimum absolute atomic E-state index is 0.0130. The molecule has 0 saturated heterocycles. The van der Waals surface area contributed by atoms with Crippen molar-refractivity contribution in [3.8, 4) is 0 Å². The zero-order valence-electron chi connectivity index (χ0n) is 21.3. The van der Waals surface area contributed by atoms with Crippen LogP contribution in [0, 0.1) is 10.1 Å². The quantitative estimate of drug-likeness (QED) is 0.146. The summed E-state index contributed by atoms with van der Waals surface area (Å²) in [6, 6.07) is 22.0. The number of rotatable bonds is 11. The van der Waals surface area contributed by atoms with E-state index in [4.69, 9.17) is 4.42 Å². The summed E-state index contributed by atoms with van der Waals surface area (Å²) in [5, 5.41) is 19.4. The van der Waals surface area contributed by atoms with Crippen LogP contribution in [0.25, 0.3) is 11.0 Å². The molecule has 0 aliphatic carbocycles. The topological polar surface area (TPSA) is 161 Å². The molecule has 204 valence electrons. The number of benzene rings is 3. The molecule has 0 radical (unpaired) electrons. The van der Waals surface area contributed by atoms with Crippen LogP contribution in [0.4, 0.5) is 17.1 Å². The fourth-order valence-corrected chi connectivity index (χ4v) is 3.99. The summed E-state index contributed by atoms with van der Waals surface area (Å²) in [5.41, 5.74) is 0.798. The number of carbonyl (C=O) groups is 3. The summed E-state index contributed by atoms with van der Waals surface area (Å²) in [7, 11) is 0. The van der Waals surface area contributed by atoms with Gasteiger partial charge in [-0.05, 0) is 36.2 Å². The van der Waals surface area contributed by atoms with E-state index in [9.17, 15) is 29.3 Å². The molecule has 0 aliphatic rings. The van der Waals surface area contributed by atoms with E-state index in [1.807, 2.05) is 30.3 Å². The van der Waals surface area contributed by atoms with Crippen LogP contribution in [0.15, 0.2) is 94.1 Å². The monoisotopic (exact) mass is 542 g/mol. The molecule has 11 nitrogen and oxygen atoms in total. The van der Waals surface area contributed by atoms with Gasteiger partial charge in [0.15, 0.2) is 0 Å². The van der Waals surface area contributed by atoms with Gasteiger partial charge in [0.05, 0.1) is 4.92 Å². The second-order valence-electron chi connectivity index (χ2n) is 8.99. The van der Waals surface area contributed by atoms with Gasteiger partial charge in [-0.2, -0.15) is 0 Å². The van der Waals surface area contributed by atoms with Gasteiger partial charge in [0.25, 0.3) is 5.69 Å². The Kier molecular flexibility index (Phi) is 8.98. The molecule has 0 aliphatic heterocycles. The van der Waals surface area contributed by atoms with E-state index in [0.717, 1.165) is 5.56 Å². The Hall–Kier alpha value is -5.32. The van der Waals surface area contributed by atoms with Crippen molar-refractivity contribution in [3.05, 3.63) is 111 Å². The number of hydrogen-bond acceptors (Lipinski definition) is 7. The predicted octanol–water partition coefficient (Wildman–Crippen LogP) is 4.18. The number of nitrogens with one attached hydrogen (secondary N) is 3. The Morgan fingerprint density at radius 1 is 0.850 bits per heavy atom. The summed E-state index contributed by atoms with van der Waals surface area (Å²) in [6.07, 6.45) is 0.329. The van der Waals surface area contributed by atoms with Gasteiger partial charge in [-0.25, -0.2) is 4.79 Å². The van der Waals surface area contributed by atoms with Crippen molar-refractivity contribution in [1.29, 1.82) is 0 Å². The van der Waals surface area contributed by atoms with E-state index in [2.05, 4.69) is 16.0 Å². The molecule has 1 aromatic heterocycles. The fraction of sp³-hybridized carbons (Fsp3) is 0.172. The minimum atomic E-state index is -0.929. The van der Waals surface area contributed by atoms with E-state index in [0.29, 0.717) is 16.7 Å². The van der Waals surface area contributed by atoms with Crippen LogP contribution in [0.2, 0.25) is 0 Å². The fourth-order valence-electron chi connectivity index (χ4n) is 3.99. The summed E-state index contributed by atoms with van der Waals surface area (Å²) in [5.74, 6) is -1.38. The van der Waals surface area contributed by atoms with Gasteiger partial charge in [-0.15, -0.1) is 0 Å². The van der Waals surface area contributed by atoms with E-state index < -0.39 is 34.3 Å². The predicted molar refractivity (Wildman–Crippen MR) is 149 cm³/mol. The van der Waals surface area contributed by atoms with Crippen molar-refractivity contribution < 1.29 is 23.7 Å². The molecule has 3 amide bonds. The van der Waals surface area contributed by atoms with Crippen LogP contribution in [0.3, 0.4) is 0 Å². The normalized spacial score (nSPS) is 11.4. The van der Waals surface area contributed by atoms with Crippen molar-refractivity contribution in [2.24, 2.45) is 0 Å². The molecule has 0 bridgehead atoms. The number of nitro benzene ring substituents is 1. The number of nitro groups is 1. The van der Waals surface area contributed by atoms with Gasteiger partial charge < -0.3 is 20.4 Å². The zero-order chi connectivity index (χ0) is 28.5. The number of para-hydroxylation sites is 1. The summed E-state index contributed by atoms with van der Waals surface area (Å²) in [4.78, 5) is 60.6. The highest BCUT2D eigenvalue weighted by molar-refractivity contribution is 5.97. The van der Waals surface area contributed by atoms with Crippen molar-refractivity contribution >= 4 is 45.8 Å². The molecule has 4 rings (SSSR count). The Morgan fingerprint density at radius 3 is 2.25 bits per heavy atom. The number of nitrogens with zero attached hydrogens (tertiary/aromatic N) is 1. The lowest BCUT2D eigenvalue weighted by molar-refractivity contribution is -0.384.